The molecule has 2 unspecified atom stereocenters. The number of nitrogens with two attached hydrogens (primary N) is 1. The van der Waals surface area contributed by atoms with Crippen LogP contribution in [0.1, 0.15) is 18.9 Å². The SMILES string of the molecule is CC1CC1CNS(=O)(=O)c1ccc(CN)cc1. The average molecular weight is 254 g/mol. The van der Waals surface area contributed by atoms with Crippen molar-refractivity contribution in [2.45, 2.75) is 24.8 Å². The van der Waals surface area contributed by atoms with Gasteiger partial charge in [0, 0.05) is 13.1 Å². The van der Waals surface area contributed by atoms with Crippen LogP contribution >= 0.6 is 0 Å². The van der Waals surface area contributed by atoms with Crippen LogP contribution in [0.5, 0.6) is 0 Å². The number of sulfonamides is 1. The summed E-state index contributed by atoms with van der Waals surface area (Å²) in [5, 5.41) is 0. The van der Waals surface area contributed by atoms with Gasteiger partial charge >= 0.3 is 0 Å². The molecule has 94 valence electrons. The largest absolute Gasteiger partial charge is 0.326 e. The van der Waals surface area contributed by atoms with Crippen LogP contribution in [0.25, 0.3) is 0 Å². The normalized spacial score (nSPS) is 23.6. The van der Waals surface area contributed by atoms with Gasteiger partial charge in [-0.2, -0.15) is 0 Å². The zero-order valence-corrected chi connectivity index (χ0v) is 10.7. The summed E-state index contributed by atoms with van der Waals surface area (Å²) in [5.74, 6) is 1.16. The van der Waals surface area contributed by atoms with E-state index in [1.165, 1.54) is 0 Å². The summed E-state index contributed by atoms with van der Waals surface area (Å²) in [7, 11) is -3.35. The van der Waals surface area contributed by atoms with E-state index >= 15 is 0 Å². The lowest BCUT2D eigenvalue weighted by Gasteiger charge is -2.06. The first kappa shape index (κ1) is 12.5. The summed E-state index contributed by atoms with van der Waals surface area (Å²) < 4.78 is 26.5. The summed E-state index contributed by atoms with van der Waals surface area (Å²) in [4.78, 5) is 0.308. The Kier molecular flexibility index (Phi) is 3.51. The molecule has 1 fully saturated rings. The molecule has 4 nitrogen and oxygen atoms in total. The summed E-state index contributed by atoms with van der Waals surface area (Å²) in [5.41, 5.74) is 6.40. The highest BCUT2D eigenvalue weighted by Gasteiger charge is 2.33. The van der Waals surface area contributed by atoms with Crippen LogP contribution in [0.2, 0.25) is 0 Å². The van der Waals surface area contributed by atoms with Gasteiger partial charge in [-0.15, -0.1) is 0 Å². The van der Waals surface area contributed by atoms with Crippen LogP contribution in [-0.4, -0.2) is 15.0 Å². The quantitative estimate of drug-likeness (QED) is 0.826. The van der Waals surface area contributed by atoms with E-state index in [0.717, 1.165) is 12.0 Å². The third-order valence-corrected chi connectivity index (χ3v) is 4.72. The minimum absolute atomic E-state index is 0.308. The van der Waals surface area contributed by atoms with Gasteiger partial charge in [-0.3, -0.25) is 0 Å². The second kappa shape index (κ2) is 4.76. The molecule has 1 aromatic rings. The molecule has 0 amide bonds. The highest BCUT2D eigenvalue weighted by atomic mass is 32.2. The molecule has 0 radical (unpaired) electrons. The Hall–Kier alpha value is -0.910. The van der Waals surface area contributed by atoms with E-state index in [1.807, 2.05) is 0 Å². The van der Waals surface area contributed by atoms with Gasteiger partial charge in [0.1, 0.15) is 0 Å². The van der Waals surface area contributed by atoms with Crippen molar-refractivity contribution in [2.24, 2.45) is 17.6 Å². The first-order chi connectivity index (χ1) is 8.03. The monoisotopic (exact) mass is 254 g/mol. The van der Waals surface area contributed by atoms with Gasteiger partial charge in [0.2, 0.25) is 10.0 Å². The van der Waals surface area contributed by atoms with Crippen molar-refractivity contribution in [1.29, 1.82) is 0 Å². The van der Waals surface area contributed by atoms with Crippen molar-refractivity contribution >= 4 is 10.0 Å². The minimum atomic E-state index is -3.35. The molecule has 17 heavy (non-hydrogen) atoms. The lowest BCUT2D eigenvalue weighted by atomic mass is 10.2. The zero-order valence-electron chi connectivity index (χ0n) is 9.89. The van der Waals surface area contributed by atoms with Crippen molar-refractivity contribution in [2.75, 3.05) is 6.54 Å². The van der Waals surface area contributed by atoms with Gasteiger partial charge in [0.05, 0.1) is 4.90 Å². The number of nitrogens with one attached hydrogen (secondary N) is 1. The Bertz CT molecular complexity index is 482. The maximum absolute atomic E-state index is 11.9. The molecule has 0 aliphatic heterocycles. The van der Waals surface area contributed by atoms with E-state index in [4.69, 9.17) is 5.73 Å². The molecule has 0 spiro atoms. The molecule has 2 atom stereocenters. The van der Waals surface area contributed by atoms with E-state index in [0.29, 0.717) is 29.8 Å². The average Bonchev–Trinajstić information content (AvgIpc) is 3.03. The van der Waals surface area contributed by atoms with E-state index in [2.05, 4.69) is 11.6 Å². The molecule has 0 bridgehead atoms. The predicted molar refractivity (Wildman–Crippen MR) is 66.8 cm³/mol. The molecule has 1 aliphatic rings. The molecule has 3 N–H and O–H groups in total. The summed E-state index contributed by atoms with van der Waals surface area (Å²) in [6, 6.07) is 6.68. The lowest BCUT2D eigenvalue weighted by molar-refractivity contribution is 0.574. The van der Waals surface area contributed by atoms with Crippen molar-refractivity contribution in [3.63, 3.8) is 0 Å². The Morgan fingerprint density at radius 3 is 2.41 bits per heavy atom. The molecule has 0 heterocycles. The fourth-order valence-corrected chi connectivity index (χ4v) is 2.88. The van der Waals surface area contributed by atoms with Crippen LogP contribution < -0.4 is 10.5 Å². The molecule has 2 rings (SSSR count). The van der Waals surface area contributed by atoms with Crippen molar-refractivity contribution in [1.82, 2.24) is 4.72 Å². The maximum Gasteiger partial charge on any atom is 0.240 e. The summed E-state index contributed by atoms with van der Waals surface area (Å²) in [6.45, 7) is 3.10. The highest BCUT2D eigenvalue weighted by molar-refractivity contribution is 7.89. The third kappa shape index (κ3) is 3.06. The van der Waals surface area contributed by atoms with Crippen LogP contribution in [0.15, 0.2) is 29.2 Å². The van der Waals surface area contributed by atoms with Gasteiger partial charge in [0.15, 0.2) is 0 Å². The zero-order chi connectivity index (χ0) is 12.5. The number of rotatable bonds is 5. The van der Waals surface area contributed by atoms with E-state index in [1.54, 1.807) is 24.3 Å². The summed E-state index contributed by atoms with van der Waals surface area (Å²) >= 11 is 0. The van der Waals surface area contributed by atoms with Crippen molar-refractivity contribution < 1.29 is 8.42 Å². The van der Waals surface area contributed by atoms with Crippen LogP contribution in [0, 0.1) is 11.8 Å². The molecule has 0 aromatic heterocycles. The third-order valence-electron chi connectivity index (χ3n) is 3.28. The minimum Gasteiger partial charge on any atom is -0.326 e. The molecule has 1 saturated carbocycles. The number of benzene rings is 1. The molecule has 5 heteroatoms. The standard InChI is InChI=1S/C12H18N2O2S/c1-9-6-11(9)8-14-17(15,16)12-4-2-10(7-13)3-5-12/h2-5,9,11,14H,6-8,13H2,1H3. The Morgan fingerprint density at radius 1 is 1.35 bits per heavy atom. The topological polar surface area (TPSA) is 72.2 Å². The van der Waals surface area contributed by atoms with Gasteiger partial charge in [0.25, 0.3) is 0 Å². The number of hydrogen-bond acceptors (Lipinski definition) is 3. The van der Waals surface area contributed by atoms with Gasteiger partial charge < -0.3 is 5.73 Å². The molecule has 1 aromatic carbocycles. The fraction of sp³-hybridized carbons (Fsp3) is 0.500. The van der Waals surface area contributed by atoms with Crippen LogP contribution in [0.3, 0.4) is 0 Å². The van der Waals surface area contributed by atoms with Crippen molar-refractivity contribution in [3.8, 4) is 0 Å². The molecular formula is C12H18N2O2S. The second-order valence-electron chi connectivity index (χ2n) is 4.67. The lowest BCUT2D eigenvalue weighted by Crippen LogP contribution is -2.26. The Labute approximate surface area is 102 Å². The van der Waals surface area contributed by atoms with Crippen molar-refractivity contribution in [3.05, 3.63) is 29.8 Å². The van der Waals surface area contributed by atoms with Gasteiger partial charge in [-0.05, 0) is 36.0 Å². The van der Waals surface area contributed by atoms with Gasteiger partial charge in [-0.25, -0.2) is 13.1 Å². The van der Waals surface area contributed by atoms with Crippen LogP contribution in [0.4, 0.5) is 0 Å². The van der Waals surface area contributed by atoms with E-state index in [-0.39, 0.29) is 0 Å². The smallest absolute Gasteiger partial charge is 0.240 e. The Morgan fingerprint density at radius 2 is 1.94 bits per heavy atom. The van der Waals surface area contributed by atoms with E-state index < -0.39 is 10.0 Å². The molecule has 1 aliphatic carbocycles. The maximum atomic E-state index is 11.9. The van der Waals surface area contributed by atoms with E-state index in [9.17, 15) is 8.42 Å². The summed E-state index contributed by atoms with van der Waals surface area (Å²) in [6.07, 6.45) is 1.12. The number of hydrogen-bond donors (Lipinski definition) is 2. The van der Waals surface area contributed by atoms with Gasteiger partial charge in [-0.1, -0.05) is 19.1 Å². The second-order valence-corrected chi connectivity index (χ2v) is 6.44. The van der Waals surface area contributed by atoms with Crippen LogP contribution in [-0.2, 0) is 16.6 Å². The first-order valence-electron chi connectivity index (χ1n) is 5.81. The highest BCUT2D eigenvalue weighted by Crippen LogP contribution is 2.37. The first-order valence-corrected chi connectivity index (χ1v) is 7.30. The predicted octanol–water partition coefficient (Wildman–Crippen LogP) is 1.08. The Balaban J connectivity index is 2.02. The fourth-order valence-electron chi connectivity index (χ4n) is 1.79. The molecule has 0 saturated heterocycles. The molecular weight excluding hydrogens is 236 g/mol.